The van der Waals surface area contributed by atoms with E-state index < -0.39 is 0 Å². The van der Waals surface area contributed by atoms with Crippen LogP contribution in [0.4, 0.5) is 10.5 Å². The van der Waals surface area contributed by atoms with Crippen LogP contribution in [0.2, 0.25) is 4.34 Å². The number of benzene rings is 1. The van der Waals surface area contributed by atoms with Gasteiger partial charge in [0.2, 0.25) is 0 Å². The van der Waals surface area contributed by atoms with Gasteiger partial charge in [0, 0.05) is 36.1 Å². The topological polar surface area (TPSA) is 59.4 Å². The fraction of sp³-hybridized carbons (Fsp3) is 0.222. The minimum absolute atomic E-state index is 0.191. The van der Waals surface area contributed by atoms with Gasteiger partial charge in [0.05, 0.1) is 17.4 Å². The third-order valence-electron chi connectivity index (χ3n) is 3.60. The third kappa shape index (κ3) is 5.24. The van der Waals surface area contributed by atoms with Gasteiger partial charge in [-0.25, -0.2) is 4.79 Å². The molecule has 6 nitrogen and oxygen atoms in total. The average Bonchev–Trinajstić information content (AvgIpc) is 3.27. The average molecular weight is 391 g/mol. The Morgan fingerprint density at radius 3 is 2.96 bits per heavy atom. The molecule has 2 amide bonds. The molecule has 0 aliphatic rings. The molecule has 0 fully saturated rings. The molecule has 8 heteroatoms. The van der Waals surface area contributed by atoms with E-state index in [1.54, 1.807) is 28.9 Å². The molecule has 0 atom stereocenters. The number of thiophene rings is 1. The van der Waals surface area contributed by atoms with Crippen LogP contribution in [0.3, 0.4) is 0 Å². The van der Waals surface area contributed by atoms with Crippen LogP contribution in [0.25, 0.3) is 0 Å². The van der Waals surface area contributed by atoms with Crippen molar-refractivity contribution in [3.05, 3.63) is 64.1 Å². The van der Waals surface area contributed by atoms with Gasteiger partial charge in [-0.2, -0.15) is 5.10 Å². The molecule has 3 rings (SSSR count). The van der Waals surface area contributed by atoms with Crippen LogP contribution in [-0.2, 0) is 13.1 Å². The predicted molar refractivity (Wildman–Crippen MR) is 104 cm³/mol. The first-order valence-corrected chi connectivity index (χ1v) is 9.26. The number of ether oxygens (including phenoxy) is 1. The number of nitrogens with one attached hydrogen (secondary N) is 1. The first-order chi connectivity index (χ1) is 12.6. The van der Waals surface area contributed by atoms with Gasteiger partial charge in [-0.1, -0.05) is 17.7 Å². The van der Waals surface area contributed by atoms with E-state index in [0.717, 1.165) is 4.88 Å². The zero-order chi connectivity index (χ0) is 18.4. The maximum Gasteiger partial charge on any atom is 0.321 e. The van der Waals surface area contributed by atoms with Gasteiger partial charge in [0.1, 0.15) is 12.4 Å². The number of nitrogens with zero attached hydrogens (tertiary/aromatic N) is 3. The molecule has 0 aliphatic heterocycles. The fourth-order valence-corrected chi connectivity index (χ4v) is 3.46. The molecular weight excluding hydrogens is 372 g/mol. The lowest BCUT2D eigenvalue weighted by molar-refractivity contribution is 0.221. The van der Waals surface area contributed by atoms with Crippen LogP contribution in [0, 0.1) is 0 Å². The Hall–Kier alpha value is -2.51. The first kappa shape index (κ1) is 18.3. The van der Waals surface area contributed by atoms with Gasteiger partial charge < -0.3 is 15.0 Å². The van der Waals surface area contributed by atoms with Crippen LogP contribution < -0.4 is 10.1 Å². The van der Waals surface area contributed by atoms with Gasteiger partial charge >= 0.3 is 6.03 Å². The highest BCUT2D eigenvalue weighted by Gasteiger charge is 2.11. The second-order valence-electron chi connectivity index (χ2n) is 5.64. The second kappa shape index (κ2) is 8.73. The van der Waals surface area contributed by atoms with Crippen LogP contribution in [0.15, 0.2) is 54.9 Å². The number of hydrogen-bond acceptors (Lipinski definition) is 4. The van der Waals surface area contributed by atoms with Crippen LogP contribution >= 0.6 is 22.9 Å². The predicted octanol–water partition coefficient (Wildman–Crippen LogP) is 4.34. The highest BCUT2D eigenvalue weighted by Crippen LogP contribution is 2.23. The highest BCUT2D eigenvalue weighted by atomic mass is 35.5. The van der Waals surface area contributed by atoms with Crippen molar-refractivity contribution < 1.29 is 9.53 Å². The Kier molecular flexibility index (Phi) is 6.14. The summed E-state index contributed by atoms with van der Waals surface area (Å²) in [7, 11) is 1.74. The van der Waals surface area contributed by atoms with Crippen molar-refractivity contribution in [3.8, 4) is 5.75 Å². The van der Waals surface area contributed by atoms with Gasteiger partial charge in [0.25, 0.3) is 0 Å². The largest absolute Gasteiger partial charge is 0.492 e. The zero-order valence-corrected chi connectivity index (χ0v) is 15.8. The summed E-state index contributed by atoms with van der Waals surface area (Å²) in [5.41, 5.74) is 0.683. The fourth-order valence-electron chi connectivity index (χ4n) is 2.31. The summed E-state index contributed by atoms with van der Waals surface area (Å²) in [5.74, 6) is 0.697. The second-order valence-corrected chi connectivity index (χ2v) is 7.44. The molecule has 0 saturated heterocycles. The van der Waals surface area contributed by atoms with E-state index in [4.69, 9.17) is 16.3 Å². The number of carbonyl (C=O) groups is 1. The van der Waals surface area contributed by atoms with E-state index in [2.05, 4.69) is 10.4 Å². The van der Waals surface area contributed by atoms with E-state index in [0.29, 0.717) is 35.5 Å². The Balaban J connectivity index is 1.51. The summed E-state index contributed by atoms with van der Waals surface area (Å²) in [6.45, 7) is 1.66. The molecule has 0 unspecified atom stereocenters. The number of rotatable bonds is 7. The van der Waals surface area contributed by atoms with E-state index in [1.165, 1.54) is 11.3 Å². The number of amides is 2. The first-order valence-electron chi connectivity index (χ1n) is 8.07. The summed E-state index contributed by atoms with van der Waals surface area (Å²) in [6, 6.07) is 12.8. The summed E-state index contributed by atoms with van der Waals surface area (Å²) < 4.78 is 8.24. The molecule has 1 N–H and O–H groups in total. The SMILES string of the molecule is CN(Cc1ccc(Cl)s1)C(=O)Nc1cccc(OCCn2cccn2)c1. The van der Waals surface area contributed by atoms with E-state index >= 15 is 0 Å². The normalized spacial score (nSPS) is 10.5. The molecule has 1 aromatic carbocycles. The van der Waals surface area contributed by atoms with Gasteiger partial charge in [0.15, 0.2) is 0 Å². The molecule has 0 saturated carbocycles. The number of anilines is 1. The molecule has 26 heavy (non-hydrogen) atoms. The molecule has 2 heterocycles. The molecule has 0 radical (unpaired) electrons. The summed E-state index contributed by atoms with van der Waals surface area (Å²) in [5, 5.41) is 7.00. The Labute approximate surface area is 161 Å². The van der Waals surface area contributed by atoms with Crippen LogP contribution in [0.1, 0.15) is 4.88 Å². The highest BCUT2D eigenvalue weighted by molar-refractivity contribution is 7.16. The number of hydrogen-bond donors (Lipinski definition) is 1. The van der Waals surface area contributed by atoms with Crippen molar-refractivity contribution in [2.75, 3.05) is 19.0 Å². The Morgan fingerprint density at radius 2 is 2.23 bits per heavy atom. The van der Waals surface area contributed by atoms with Crippen molar-refractivity contribution in [3.63, 3.8) is 0 Å². The summed E-state index contributed by atoms with van der Waals surface area (Å²) in [4.78, 5) is 15.0. The van der Waals surface area contributed by atoms with Crippen molar-refractivity contribution in [2.45, 2.75) is 13.1 Å². The number of halogens is 1. The van der Waals surface area contributed by atoms with Gasteiger partial charge in [-0.15, -0.1) is 11.3 Å². The maximum absolute atomic E-state index is 12.3. The minimum atomic E-state index is -0.191. The smallest absolute Gasteiger partial charge is 0.321 e. The molecular formula is C18H19ClN4O2S. The lowest BCUT2D eigenvalue weighted by atomic mass is 10.3. The van der Waals surface area contributed by atoms with Crippen molar-refractivity contribution >= 4 is 34.7 Å². The van der Waals surface area contributed by atoms with Crippen LogP contribution in [-0.4, -0.2) is 34.4 Å². The molecule has 0 bridgehead atoms. The maximum atomic E-state index is 12.3. The standard InChI is InChI=1S/C18H19ClN4O2S/c1-22(13-16-6-7-17(19)26-16)18(24)21-14-4-2-5-15(12-14)25-11-10-23-9-3-8-20-23/h2-9,12H,10-11,13H2,1H3,(H,21,24). The lowest BCUT2D eigenvalue weighted by Gasteiger charge is -2.17. The molecule has 0 spiro atoms. The minimum Gasteiger partial charge on any atom is -0.492 e. The monoisotopic (exact) mass is 390 g/mol. The number of urea groups is 1. The summed E-state index contributed by atoms with van der Waals surface area (Å²) in [6.07, 6.45) is 3.62. The zero-order valence-electron chi connectivity index (χ0n) is 14.3. The summed E-state index contributed by atoms with van der Waals surface area (Å²) >= 11 is 7.39. The number of carbonyl (C=O) groups excluding carboxylic acids is 1. The van der Waals surface area contributed by atoms with Gasteiger partial charge in [-0.3, -0.25) is 4.68 Å². The van der Waals surface area contributed by atoms with Crippen molar-refractivity contribution in [1.82, 2.24) is 14.7 Å². The van der Waals surface area contributed by atoms with Crippen LogP contribution in [0.5, 0.6) is 5.75 Å². The quantitative estimate of drug-likeness (QED) is 0.652. The van der Waals surface area contributed by atoms with E-state index in [9.17, 15) is 4.79 Å². The lowest BCUT2D eigenvalue weighted by Crippen LogP contribution is -2.30. The van der Waals surface area contributed by atoms with Gasteiger partial charge in [-0.05, 0) is 30.3 Å². The molecule has 0 aliphatic carbocycles. The van der Waals surface area contributed by atoms with E-state index in [-0.39, 0.29) is 6.03 Å². The molecule has 136 valence electrons. The number of aromatic nitrogens is 2. The Morgan fingerprint density at radius 1 is 1.35 bits per heavy atom. The molecule has 3 aromatic rings. The van der Waals surface area contributed by atoms with Crippen molar-refractivity contribution in [2.24, 2.45) is 0 Å². The Bertz CT molecular complexity index is 851. The molecule has 2 aromatic heterocycles. The van der Waals surface area contributed by atoms with E-state index in [1.807, 2.05) is 42.6 Å². The third-order valence-corrected chi connectivity index (χ3v) is 4.82. The van der Waals surface area contributed by atoms with Crippen molar-refractivity contribution in [1.29, 1.82) is 0 Å².